The Morgan fingerprint density at radius 3 is 2.35 bits per heavy atom. The van der Waals surface area contributed by atoms with Gasteiger partial charge in [0.2, 0.25) is 4.93 Å². The molecule has 31 heavy (non-hydrogen) atoms. The molecule has 0 spiro atoms. The molecule has 1 aromatic carbocycles. The fraction of sp³-hybridized carbons (Fsp3) is 0.545. The van der Waals surface area contributed by atoms with Crippen LogP contribution in [0.4, 0.5) is 0 Å². The highest BCUT2D eigenvalue weighted by molar-refractivity contribution is 7.80. The van der Waals surface area contributed by atoms with Gasteiger partial charge in [-0.1, -0.05) is 18.2 Å². The predicted molar refractivity (Wildman–Crippen MR) is 119 cm³/mol. The Kier molecular flexibility index (Phi) is 7.20. The lowest BCUT2D eigenvalue weighted by Crippen LogP contribution is -2.38. The molecular weight excluding hydrogens is 436 g/mol. The number of benzene rings is 1. The van der Waals surface area contributed by atoms with E-state index in [9.17, 15) is 13.6 Å². The van der Waals surface area contributed by atoms with Crippen LogP contribution in [0, 0.1) is 12.3 Å². The third-order valence-electron chi connectivity index (χ3n) is 5.24. The molecule has 0 amide bonds. The van der Waals surface area contributed by atoms with E-state index in [1.165, 1.54) is 18.3 Å². The van der Waals surface area contributed by atoms with Gasteiger partial charge >= 0.3 is 5.97 Å². The van der Waals surface area contributed by atoms with Gasteiger partial charge in [-0.2, -0.15) is 0 Å². The standard InChI is InChI=1S/C22H30N2O5S2/c1-15-18(22(5,31(26)27)28-17-9-7-6-8-10-17)23-19(30-15)16-11-13-24(14-12-16)29-20(25)21(2,3)4/h6-10,16H,11-14H2,1-5H3,(H,26,27)/p-1. The van der Waals surface area contributed by atoms with Crippen molar-refractivity contribution in [1.29, 1.82) is 0 Å². The van der Waals surface area contributed by atoms with E-state index in [1.807, 2.05) is 33.8 Å². The van der Waals surface area contributed by atoms with E-state index >= 15 is 0 Å². The number of aryl methyl sites for hydroxylation is 1. The number of rotatable bonds is 6. The van der Waals surface area contributed by atoms with Crippen molar-refractivity contribution < 1.29 is 23.1 Å². The summed E-state index contributed by atoms with van der Waals surface area (Å²) in [5.41, 5.74) is -0.124. The van der Waals surface area contributed by atoms with Crippen molar-refractivity contribution >= 4 is 28.4 Å². The molecule has 0 saturated carbocycles. The van der Waals surface area contributed by atoms with E-state index in [1.54, 1.807) is 29.3 Å². The van der Waals surface area contributed by atoms with Gasteiger partial charge < -0.3 is 14.1 Å². The van der Waals surface area contributed by atoms with Crippen molar-refractivity contribution in [1.82, 2.24) is 10.0 Å². The second-order valence-electron chi connectivity index (χ2n) is 8.88. The number of hydrogen-bond acceptors (Lipinski definition) is 8. The van der Waals surface area contributed by atoms with Crippen molar-refractivity contribution in [3.8, 4) is 5.75 Å². The lowest BCUT2D eigenvalue weighted by molar-refractivity contribution is -0.204. The molecule has 2 heterocycles. The van der Waals surface area contributed by atoms with Gasteiger partial charge in [0.25, 0.3) is 0 Å². The maximum atomic E-state index is 12.2. The average molecular weight is 466 g/mol. The van der Waals surface area contributed by atoms with E-state index in [2.05, 4.69) is 0 Å². The highest BCUT2D eigenvalue weighted by Crippen LogP contribution is 2.39. The zero-order valence-electron chi connectivity index (χ0n) is 18.5. The van der Waals surface area contributed by atoms with Gasteiger partial charge in [-0.15, -0.1) is 16.4 Å². The minimum atomic E-state index is -2.54. The summed E-state index contributed by atoms with van der Waals surface area (Å²) in [6, 6.07) is 8.88. The summed E-state index contributed by atoms with van der Waals surface area (Å²) in [5.74, 6) is 0.408. The molecule has 0 radical (unpaired) electrons. The smallest absolute Gasteiger partial charge is 0.330 e. The minimum absolute atomic E-state index is 0.183. The topological polar surface area (TPSA) is 91.8 Å². The average Bonchev–Trinajstić information content (AvgIpc) is 3.10. The molecule has 2 atom stereocenters. The Labute approximate surface area is 190 Å². The molecule has 1 aromatic heterocycles. The van der Waals surface area contributed by atoms with Crippen molar-refractivity contribution in [3.63, 3.8) is 0 Å². The van der Waals surface area contributed by atoms with Crippen LogP contribution in [-0.2, 0) is 25.6 Å². The Hall–Kier alpha value is -1.81. The minimum Gasteiger partial charge on any atom is -0.769 e. The van der Waals surface area contributed by atoms with Crippen LogP contribution in [0.5, 0.6) is 5.75 Å². The first-order valence-electron chi connectivity index (χ1n) is 10.3. The van der Waals surface area contributed by atoms with E-state index in [0.717, 1.165) is 22.7 Å². The van der Waals surface area contributed by atoms with Crippen LogP contribution in [0.1, 0.15) is 62.0 Å². The summed E-state index contributed by atoms with van der Waals surface area (Å²) in [6.07, 6.45) is 1.56. The highest BCUT2D eigenvalue weighted by atomic mass is 32.2. The van der Waals surface area contributed by atoms with Crippen LogP contribution in [0.25, 0.3) is 0 Å². The molecule has 0 aliphatic carbocycles. The number of aromatic nitrogens is 1. The normalized spacial score (nSPS) is 18.9. The molecule has 3 rings (SSSR count). The first-order chi connectivity index (χ1) is 14.5. The Balaban J connectivity index is 1.73. The molecular formula is C22H29N2O5S2-. The van der Waals surface area contributed by atoms with Crippen molar-refractivity contribution in [2.24, 2.45) is 5.41 Å². The molecule has 1 aliphatic rings. The number of carbonyl (C=O) groups excluding carboxylic acids is 1. The van der Waals surface area contributed by atoms with Gasteiger partial charge in [0.15, 0.2) is 0 Å². The maximum Gasteiger partial charge on any atom is 0.330 e. The number of ether oxygens (including phenoxy) is 1. The summed E-state index contributed by atoms with van der Waals surface area (Å²) >= 11 is -1.03. The number of para-hydroxylation sites is 1. The third-order valence-corrected chi connectivity index (χ3v) is 7.29. The Morgan fingerprint density at radius 1 is 1.19 bits per heavy atom. The zero-order valence-corrected chi connectivity index (χ0v) is 20.2. The second-order valence-corrected chi connectivity index (χ2v) is 11.4. The maximum absolute atomic E-state index is 12.2. The summed E-state index contributed by atoms with van der Waals surface area (Å²) in [6.45, 7) is 10.1. The SMILES string of the molecule is Cc1sc(C2CCN(OC(=O)C(C)(C)C)CC2)nc1C(C)(Oc1ccccc1)S(=O)[O-]. The van der Waals surface area contributed by atoms with Gasteiger partial charge in [-0.25, -0.2) is 9.78 Å². The number of hydrogen-bond donors (Lipinski definition) is 0. The van der Waals surface area contributed by atoms with Crippen molar-refractivity contribution in [2.75, 3.05) is 13.1 Å². The second kappa shape index (κ2) is 9.36. The van der Waals surface area contributed by atoms with Crippen LogP contribution < -0.4 is 4.74 Å². The van der Waals surface area contributed by atoms with E-state index in [-0.39, 0.29) is 11.9 Å². The number of carbonyl (C=O) groups is 1. The van der Waals surface area contributed by atoms with Crippen molar-refractivity contribution in [2.45, 2.75) is 58.3 Å². The Morgan fingerprint density at radius 2 is 1.81 bits per heavy atom. The van der Waals surface area contributed by atoms with Crippen LogP contribution >= 0.6 is 11.3 Å². The van der Waals surface area contributed by atoms with Gasteiger partial charge in [0.05, 0.1) is 10.4 Å². The number of hydroxylamine groups is 2. The molecule has 7 nitrogen and oxygen atoms in total. The lowest BCUT2D eigenvalue weighted by Gasteiger charge is -2.32. The molecule has 1 fully saturated rings. The quantitative estimate of drug-likeness (QED) is 0.588. The largest absolute Gasteiger partial charge is 0.769 e. The summed E-state index contributed by atoms with van der Waals surface area (Å²) in [7, 11) is 0. The molecule has 0 bridgehead atoms. The van der Waals surface area contributed by atoms with Gasteiger partial charge in [0.1, 0.15) is 11.4 Å². The van der Waals surface area contributed by atoms with Crippen LogP contribution in [0.3, 0.4) is 0 Å². The van der Waals surface area contributed by atoms with Crippen LogP contribution in [-0.4, -0.2) is 37.9 Å². The first-order valence-corrected chi connectivity index (χ1v) is 12.2. The molecule has 9 heteroatoms. The van der Waals surface area contributed by atoms with E-state index in [0.29, 0.717) is 24.5 Å². The van der Waals surface area contributed by atoms with Crippen LogP contribution in [0.2, 0.25) is 0 Å². The van der Waals surface area contributed by atoms with Gasteiger partial charge in [-0.05, 0) is 70.7 Å². The molecule has 0 N–H and O–H groups in total. The zero-order chi connectivity index (χ0) is 22.8. The van der Waals surface area contributed by atoms with E-state index < -0.39 is 21.4 Å². The van der Waals surface area contributed by atoms with Crippen molar-refractivity contribution in [3.05, 3.63) is 45.9 Å². The van der Waals surface area contributed by atoms with Gasteiger partial charge in [0, 0.05) is 23.9 Å². The summed E-state index contributed by atoms with van der Waals surface area (Å²) in [5, 5.41) is 2.60. The van der Waals surface area contributed by atoms with E-state index in [4.69, 9.17) is 14.6 Å². The molecule has 2 unspecified atom stereocenters. The number of piperidine rings is 1. The predicted octanol–water partition coefficient (Wildman–Crippen LogP) is 4.27. The molecule has 1 aliphatic heterocycles. The molecule has 2 aromatic rings. The lowest BCUT2D eigenvalue weighted by atomic mass is 9.97. The molecule has 1 saturated heterocycles. The fourth-order valence-electron chi connectivity index (χ4n) is 3.34. The third kappa shape index (κ3) is 5.52. The monoisotopic (exact) mass is 465 g/mol. The van der Waals surface area contributed by atoms with Gasteiger partial charge in [-0.3, -0.25) is 4.21 Å². The fourth-order valence-corrected chi connectivity index (χ4v) is 5.11. The Bertz CT molecular complexity index is 933. The first kappa shape index (κ1) is 23.8. The summed E-state index contributed by atoms with van der Waals surface area (Å²) < 4.78 is 30.2. The highest BCUT2D eigenvalue weighted by Gasteiger charge is 2.37. The van der Waals surface area contributed by atoms with Crippen LogP contribution in [0.15, 0.2) is 30.3 Å². The number of thiazole rings is 1. The molecule has 170 valence electrons. The summed E-state index contributed by atoms with van der Waals surface area (Å²) in [4.78, 5) is 21.6. The number of nitrogens with zero attached hydrogens (tertiary/aromatic N) is 2.